The Morgan fingerprint density at radius 2 is 1.48 bits per heavy atom. The third-order valence-electron chi connectivity index (χ3n) is 2.26. The van der Waals surface area contributed by atoms with Crippen LogP contribution in [0, 0.1) is 0 Å². The van der Waals surface area contributed by atoms with Gasteiger partial charge in [0.1, 0.15) is 0 Å². The van der Waals surface area contributed by atoms with Crippen LogP contribution in [0.5, 0.6) is 0 Å². The number of nitrogens with two attached hydrogens (primary N) is 1. The van der Waals surface area contributed by atoms with Crippen molar-refractivity contribution >= 4 is 11.9 Å². The number of benzene rings is 1. The molecule has 10 heteroatoms. The molecule has 2 N–H and O–H groups in total. The van der Waals surface area contributed by atoms with Crippen LogP contribution in [0.2, 0.25) is 0 Å². The Hall–Kier alpha value is -2.26. The summed E-state index contributed by atoms with van der Waals surface area (Å²) in [5.41, 5.74) is 3.28. The van der Waals surface area contributed by atoms with Crippen LogP contribution < -0.4 is 5.73 Å². The lowest BCUT2D eigenvalue weighted by molar-refractivity contribution is -0.205. The van der Waals surface area contributed by atoms with Crippen LogP contribution in [0.1, 0.15) is 17.2 Å². The Bertz CT molecular complexity index is 534. The van der Waals surface area contributed by atoms with Gasteiger partial charge >= 0.3 is 18.3 Å². The number of halogens is 6. The molecule has 1 unspecified atom stereocenters. The van der Waals surface area contributed by atoms with E-state index in [1.165, 1.54) is 0 Å². The second-order valence-electron chi connectivity index (χ2n) is 3.81. The van der Waals surface area contributed by atoms with Crippen molar-refractivity contribution in [2.24, 2.45) is 5.73 Å². The first kappa shape index (κ1) is 16.8. The lowest BCUT2D eigenvalue weighted by Gasteiger charge is -2.16. The smallest absolute Gasteiger partial charge is 0.441 e. The Morgan fingerprint density at radius 3 is 1.81 bits per heavy atom. The van der Waals surface area contributed by atoms with Crippen molar-refractivity contribution in [1.29, 1.82) is 0 Å². The summed E-state index contributed by atoms with van der Waals surface area (Å²) in [6.45, 7) is 0. The summed E-state index contributed by atoms with van der Waals surface area (Å²) in [5, 5.41) is 0. The zero-order valence-electron chi connectivity index (χ0n) is 9.96. The van der Waals surface area contributed by atoms with Crippen LogP contribution in [0.3, 0.4) is 0 Å². The average Bonchev–Trinajstić information content (AvgIpc) is 2.33. The molecule has 1 aromatic carbocycles. The molecule has 4 nitrogen and oxygen atoms in total. The highest BCUT2D eigenvalue weighted by molar-refractivity contribution is 5.85. The summed E-state index contributed by atoms with van der Waals surface area (Å²) in [6, 6.07) is 2.43. The quantitative estimate of drug-likeness (QED) is 0.687. The van der Waals surface area contributed by atoms with Gasteiger partial charge < -0.3 is 10.5 Å². The number of alkyl halides is 6. The lowest BCUT2D eigenvalue weighted by Crippen LogP contribution is -2.32. The number of primary amides is 1. The van der Waals surface area contributed by atoms with E-state index in [2.05, 4.69) is 4.74 Å². The van der Waals surface area contributed by atoms with Crippen molar-refractivity contribution in [3.05, 3.63) is 35.4 Å². The maximum Gasteiger partial charge on any atom is 0.490 e. The lowest BCUT2D eigenvalue weighted by atomic mass is 10.1. The fourth-order valence-corrected chi connectivity index (χ4v) is 1.31. The molecule has 1 aromatic rings. The zero-order valence-corrected chi connectivity index (χ0v) is 9.96. The third-order valence-corrected chi connectivity index (χ3v) is 2.26. The minimum absolute atomic E-state index is 0.409. The zero-order chi connectivity index (χ0) is 16.4. The number of rotatable bonds is 3. The fourth-order valence-electron chi connectivity index (χ4n) is 1.31. The van der Waals surface area contributed by atoms with Gasteiger partial charge in [0.2, 0.25) is 6.10 Å². The molecule has 0 radical (unpaired) electrons. The van der Waals surface area contributed by atoms with E-state index >= 15 is 0 Å². The Morgan fingerprint density at radius 1 is 1.00 bits per heavy atom. The number of hydrogen-bond acceptors (Lipinski definition) is 3. The second-order valence-corrected chi connectivity index (χ2v) is 3.81. The molecule has 1 rings (SSSR count). The van der Waals surface area contributed by atoms with Crippen LogP contribution in [0.25, 0.3) is 0 Å². The predicted molar refractivity (Wildman–Crippen MR) is 55.5 cm³/mol. The molecule has 116 valence electrons. The third kappa shape index (κ3) is 4.36. The number of esters is 1. The van der Waals surface area contributed by atoms with Gasteiger partial charge in [0.25, 0.3) is 5.91 Å². The van der Waals surface area contributed by atoms with E-state index in [1.807, 2.05) is 0 Å². The van der Waals surface area contributed by atoms with Crippen LogP contribution in [0.4, 0.5) is 26.3 Å². The van der Waals surface area contributed by atoms with Gasteiger partial charge in [-0.1, -0.05) is 12.1 Å². The molecule has 0 saturated carbocycles. The molecule has 0 aliphatic heterocycles. The molecule has 0 aliphatic rings. The number of carbonyl (C=O) groups is 2. The summed E-state index contributed by atoms with van der Waals surface area (Å²) < 4.78 is 76.9. The summed E-state index contributed by atoms with van der Waals surface area (Å²) in [5.74, 6) is -4.13. The number of carbonyl (C=O) groups excluding carboxylic acids is 2. The predicted octanol–water partition coefficient (Wildman–Crippen LogP) is 2.34. The van der Waals surface area contributed by atoms with Gasteiger partial charge in [-0.05, 0) is 12.1 Å². The van der Waals surface area contributed by atoms with Crippen molar-refractivity contribution in [3.63, 3.8) is 0 Å². The molecule has 0 aromatic heterocycles. The van der Waals surface area contributed by atoms with Crippen molar-refractivity contribution in [1.82, 2.24) is 0 Å². The molecule has 0 bridgehead atoms. The van der Waals surface area contributed by atoms with Crippen molar-refractivity contribution < 1.29 is 40.7 Å². The van der Waals surface area contributed by atoms with Crippen LogP contribution >= 0.6 is 0 Å². The van der Waals surface area contributed by atoms with Gasteiger partial charge in [0.05, 0.1) is 5.56 Å². The SMILES string of the molecule is NC(=O)C(OC(=O)C(F)(F)F)c1ccc(C(F)(F)F)cc1. The van der Waals surface area contributed by atoms with E-state index < -0.39 is 41.5 Å². The molecular formula is C11H7F6NO3. The molecule has 0 fully saturated rings. The van der Waals surface area contributed by atoms with Gasteiger partial charge in [-0.3, -0.25) is 4.79 Å². The summed E-state index contributed by atoms with van der Waals surface area (Å²) >= 11 is 0. The molecule has 0 spiro atoms. The van der Waals surface area contributed by atoms with E-state index in [9.17, 15) is 35.9 Å². The molecule has 21 heavy (non-hydrogen) atoms. The van der Waals surface area contributed by atoms with Crippen molar-refractivity contribution in [3.8, 4) is 0 Å². The van der Waals surface area contributed by atoms with Gasteiger partial charge in [-0.15, -0.1) is 0 Å². The van der Waals surface area contributed by atoms with Gasteiger partial charge in [0, 0.05) is 5.56 Å². The van der Waals surface area contributed by atoms with Gasteiger partial charge in [-0.2, -0.15) is 26.3 Å². The number of hydrogen-bond donors (Lipinski definition) is 1. The average molecular weight is 315 g/mol. The topological polar surface area (TPSA) is 69.4 Å². The standard InChI is InChI=1S/C11H7F6NO3/c12-10(13,14)6-3-1-5(2-4-6)7(8(18)19)21-9(20)11(15,16)17/h1-4,7H,(H2,18,19). The van der Waals surface area contributed by atoms with Crippen molar-refractivity contribution in [2.45, 2.75) is 18.5 Å². The number of ether oxygens (including phenoxy) is 1. The maximum atomic E-state index is 12.3. The molecular weight excluding hydrogens is 308 g/mol. The molecule has 0 saturated heterocycles. The van der Waals surface area contributed by atoms with Gasteiger partial charge in [-0.25, -0.2) is 4.79 Å². The summed E-state index contributed by atoms with van der Waals surface area (Å²) in [4.78, 5) is 21.6. The first-order chi connectivity index (χ1) is 9.43. The molecule has 0 aliphatic carbocycles. The van der Waals surface area contributed by atoms with Crippen LogP contribution in [0.15, 0.2) is 24.3 Å². The van der Waals surface area contributed by atoms with Crippen molar-refractivity contribution in [2.75, 3.05) is 0 Å². The Balaban J connectivity index is 3.02. The highest BCUT2D eigenvalue weighted by Crippen LogP contribution is 2.31. The van der Waals surface area contributed by atoms with Gasteiger partial charge in [0.15, 0.2) is 0 Å². The summed E-state index contributed by atoms with van der Waals surface area (Å²) in [6.07, 6.45) is -12.2. The maximum absolute atomic E-state index is 12.3. The Labute approximate surface area is 113 Å². The minimum atomic E-state index is -5.36. The largest absolute Gasteiger partial charge is 0.490 e. The van der Waals surface area contributed by atoms with E-state index in [1.54, 1.807) is 0 Å². The number of amides is 1. The fraction of sp³-hybridized carbons (Fsp3) is 0.273. The van der Waals surface area contributed by atoms with E-state index in [0.717, 1.165) is 0 Å². The highest BCUT2D eigenvalue weighted by Gasteiger charge is 2.43. The summed E-state index contributed by atoms with van der Waals surface area (Å²) in [7, 11) is 0. The normalized spacial score (nSPS) is 13.6. The first-order valence-corrected chi connectivity index (χ1v) is 5.17. The second kappa shape index (κ2) is 5.62. The first-order valence-electron chi connectivity index (χ1n) is 5.17. The van der Waals surface area contributed by atoms with Crippen LogP contribution in [-0.2, 0) is 20.5 Å². The van der Waals surface area contributed by atoms with Crippen LogP contribution in [-0.4, -0.2) is 18.1 Å². The Kier molecular flexibility index (Phi) is 4.49. The highest BCUT2D eigenvalue weighted by atomic mass is 19.4. The molecule has 1 amide bonds. The van der Waals surface area contributed by atoms with E-state index in [-0.39, 0.29) is 0 Å². The molecule has 0 heterocycles. The minimum Gasteiger partial charge on any atom is -0.441 e. The molecule has 1 atom stereocenters. The van der Waals surface area contributed by atoms with E-state index in [0.29, 0.717) is 24.3 Å². The van der Waals surface area contributed by atoms with E-state index in [4.69, 9.17) is 5.73 Å². The monoisotopic (exact) mass is 315 g/mol.